The highest BCUT2D eigenvalue weighted by Gasteiger charge is 2.39. The minimum atomic E-state index is -0.548. The van der Waals surface area contributed by atoms with Gasteiger partial charge in [-0.15, -0.1) is 0 Å². The molecule has 0 radical (unpaired) electrons. The summed E-state index contributed by atoms with van der Waals surface area (Å²) in [5.74, 6) is -0.131. The second-order valence-corrected chi connectivity index (χ2v) is 5.93. The van der Waals surface area contributed by atoms with Crippen LogP contribution < -0.4 is 0 Å². The zero-order valence-electron chi connectivity index (χ0n) is 12.5. The average molecular weight is 286 g/mol. The lowest BCUT2D eigenvalue weighted by atomic mass is 9.89. The summed E-state index contributed by atoms with van der Waals surface area (Å²) < 4.78 is 0. The molecular formula is C16H30O4. The first-order valence-corrected chi connectivity index (χ1v) is 7.93. The van der Waals surface area contributed by atoms with Gasteiger partial charge in [0.25, 0.3) is 0 Å². The quantitative estimate of drug-likeness (QED) is 0.383. The molecule has 1 aliphatic carbocycles. The lowest BCUT2D eigenvalue weighted by molar-refractivity contribution is 0.112. The van der Waals surface area contributed by atoms with Crippen LogP contribution in [0.5, 0.6) is 0 Å². The Hall–Kier alpha value is -0.420. The van der Waals surface area contributed by atoms with Crippen molar-refractivity contribution in [1.82, 2.24) is 0 Å². The predicted octanol–water partition coefficient (Wildman–Crippen LogP) is 1.61. The lowest BCUT2D eigenvalue weighted by Crippen LogP contribution is -2.21. The van der Waals surface area contributed by atoms with Gasteiger partial charge in [-0.25, -0.2) is 0 Å². The first-order chi connectivity index (χ1) is 9.60. The van der Waals surface area contributed by atoms with Crippen molar-refractivity contribution in [3.63, 3.8) is 0 Å². The molecule has 4 N–H and O–H groups in total. The van der Waals surface area contributed by atoms with Crippen LogP contribution in [0.3, 0.4) is 0 Å². The molecule has 0 aromatic rings. The summed E-state index contributed by atoms with van der Waals surface area (Å²) in [6.45, 7) is 2.24. The molecule has 4 nitrogen and oxygen atoms in total. The van der Waals surface area contributed by atoms with Crippen LogP contribution in [0.2, 0.25) is 0 Å². The van der Waals surface area contributed by atoms with Crippen molar-refractivity contribution < 1.29 is 20.4 Å². The standard InChI is InChI=1S/C16H30O4/c1-2-3-4-6-12(18)8-9-14-13(7-5-10-17)15(19)11-16(14)20/h8-9,12-20H,2-7,10-11H2,1H3/t12-,13-,14?,15+,16-/m0/s1. The van der Waals surface area contributed by atoms with E-state index in [4.69, 9.17) is 5.11 Å². The third-order valence-corrected chi connectivity index (χ3v) is 4.27. The van der Waals surface area contributed by atoms with E-state index in [2.05, 4.69) is 6.92 Å². The SMILES string of the molecule is CCCCC[C@H](O)C=CC1[C@@H](O)C[C@@H](O)[C@H]1CCCO. The summed E-state index contributed by atoms with van der Waals surface area (Å²) in [6.07, 6.45) is 7.82. The normalized spacial score (nSPS) is 32.0. The third-order valence-electron chi connectivity index (χ3n) is 4.27. The summed E-state index contributed by atoms with van der Waals surface area (Å²) in [5.41, 5.74) is 0. The maximum absolute atomic E-state index is 10.0. The molecule has 20 heavy (non-hydrogen) atoms. The Morgan fingerprint density at radius 1 is 1.15 bits per heavy atom. The monoisotopic (exact) mass is 286 g/mol. The average Bonchev–Trinajstić information content (AvgIpc) is 2.68. The molecule has 118 valence electrons. The second kappa shape index (κ2) is 9.50. The summed E-state index contributed by atoms with van der Waals surface area (Å²) in [6, 6.07) is 0. The van der Waals surface area contributed by atoms with Crippen LogP contribution in [0, 0.1) is 11.8 Å². The van der Waals surface area contributed by atoms with Crippen molar-refractivity contribution in [1.29, 1.82) is 0 Å². The van der Waals surface area contributed by atoms with E-state index in [9.17, 15) is 15.3 Å². The van der Waals surface area contributed by atoms with E-state index in [1.807, 2.05) is 6.08 Å². The highest BCUT2D eigenvalue weighted by atomic mass is 16.3. The molecule has 0 amide bonds. The van der Waals surface area contributed by atoms with E-state index in [0.29, 0.717) is 19.3 Å². The van der Waals surface area contributed by atoms with Gasteiger partial charge in [-0.05, 0) is 25.2 Å². The summed E-state index contributed by atoms with van der Waals surface area (Å²) in [5, 5.41) is 38.7. The van der Waals surface area contributed by atoms with Gasteiger partial charge < -0.3 is 20.4 Å². The zero-order chi connectivity index (χ0) is 15.0. The van der Waals surface area contributed by atoms with Crippen LogP contribution in [-0.2, 0) is 0 Å². The van der Waals surface area contributed by atoms with Gasteiger partial charge in [0.2, 0.25) is 0 Å². The Kier molecular flexibility index (Phi) is 8.38. The van der Waals surface area contributed by atoms with Crippen molar-refractivity contribution in [2.75, 3.05) is 6.61 Å². The van der Waals surface area contributed by atoms with Crippen molar-refractivity contribution in [3.05, 3.63) is 12.2 Å². The van der Waals surface area contributed by atoms with Crippen LogP contribution >= 0.6 is 0 Å². The minimum Gasteiger partial charge on any atom is -0.396 e. The van der Waals surface area contributed by atoms with Gasteiger partial charge in [-0.1, -0.05) is 38.3 Å². The maximum atomic E-state index is 10.0. The number of unbranched alkanes of at least 4 members (excludes halogenated alkanes) is 2. The van der Waals surface area contributed by atoms with Gasteiger partial charge in [0, 0.05) is 18.9 Å². The molecule has 0 heterocycles. The van der Waals surface area contributed by atoms with E-state index < -0.39 is 18.3 Å². The summed E-state index contributed by atoms with van der Waals surface area (Å²) in [4.78, 5) is 0. The molecular weight excluding hydrogens is 256 g/mol. The Morgan fingerprint density at radius 3 is 2.55 bits per heavy atom. The maximum Gasteiger partial charge on any atom is 0.0721 e. The second-order valence-electron chi connectivity index (χ2n) is 5.93. The van der Waals surface area contributed by atoms with Crippen molar-refractivity contribution >= 4 is 0 Å². The van der Waals surface area contributed by atoms with Crippen molar-refractivity contribution in [3.8, 4) is 0 Å². The van der Waals surface area contributed by atoms with Crippen LogP contribution in [0.15, 0.2) is 12.2 Å². The number of rotatable bonds is 9. The molecule has 0 aliphatic heterocycles. The Balaban J connectivity index is 2.48. The molecule has 1 rings (SSSR count). The Labute approximate surface area is 122 Å². The zero-order valence-corrected chi connectivity index (χ0v) is 12.5. The lowest BCUT2D eigenvalue weighted by Gasteiger charge is -2.20. The van der Waals surface area contributed by atoms with E-state index >= 15 is 0 Å². The molecule has 4 heteroatoms. The van der Waals surface area contributed by atoms with E-state index in [1.54, 1.807) is 6.08 Å². The first kappa shape index (κ1) is 17.6. The molecule has 0 bridgehead atoms. The fraction of sp³-hybridized carbons (Fsp3) is 0.875. The molecule has 5 atom stereocenters. The van der Waals surface area contributed by atoms with Gasteiger partial charge in [0.1, 0.15) is 0 Å². The molecule has 0 aromatic carbocycles. The van der Waals surface area contributed by atoms with Gasteiger partial charge in [0.05, 0.1) is 18.3 Å². The molecule has 0 aromatic heterocycles. The van der Waals surface area contributed by atoms with Gasteiger partial charge in [-0.3, -0.25) is 0 Å². The van der Waals surface area contributed by atoms with Gasteiger partial charge in [-0.2, -0.15) is 0 Å². The fourth-order valence-electron chi connectivity index (χ4n) is 3.06. The molecule has 1 fully saturated rings. The topological polar surface area (TPSA) is 80.9 Å². The number of aliphatic hydroxyl groups excluding tert-OH is 4. The van der Waals surface area contributed by atoms with Crippen LogP contribution in [0.25, 0.3) is 0 Å². The molecule has 0 spiro atoms. The number of aliphatic hydroxyl groups is 4. The Bertz CT molecular complexity index is 280. The summed E-state index contributed by atoms with van der Waals surface area (Å²) in [7, 11) is 0. The van der Waals surface area contributed by atoms with E-state index in [-0.39, 0.29) is 18.4 Å². The largest absolute Gasteiger partial charge is 0.396 e. The summed E-state index contributed by atoms with van der Waals surface area (Å²) >= 11 is 0. The van der Waals surface area contributed by atoms with E-state index in [1.165, 1.54) is 0 Å². The van der Waals surface area contributed by atoms with Gasteiger partial charge in [0.15, 0.2) is 0 Å². The third kappa shape index (κ3) is 5.52. The van der Waals surface area contributed by atoms with E-state index in [0.717, 1.165) is 25.7 Å². The van der Waals surface area contributed by atoms with Crippen molar-refractivity contribution in [2.45, 2.75) is 70.2 Å². The van der Waals surface area contributed by atoms with Gasteiger partial charge >= 0.3 is 0 Å². The predicted molar refractivity (Wildman–Crippen MR) is 79.2 cm³/mol. The molecule has 0 saturated heterocycles. The molecule has 1 unspecified atom stereocenters. The first-order valence-electron chi connectivity index (χ1n) is 7.93. The number of hydrogen-bond donors (Lipinski definition) is 4. The molecule has 1 aliphatic rings. The smallest absolute Gasteiger partial charge is 0.0721 e. The highest BCUT2D eigenvalue weighted by molar-refractivity contribution is 5.04. The minimum absolute atomic E-state index is 0.0174. The highest BCUT2D eigenvalue weighted by Crippen LogP contribution is 2.36. The van der Waals surface area contributed by atoms with Crippen LogP contribution in [-0.4, -0.2) is 45.3 Å². The molecule has 1 saturated carbocycles. The fourth-order valence-corrected chi connectivity index (χ4v) is 3.06. The van der Waals surface area contributed by atoms with Crippen LogP contribution in [0.1, 0.15) is 51.9 Å². The Morgan fingerprint density at radius 2 is 1.90 bits per heavy atom. The van der Waals surface area contributed by atoms with Crippen molar-refractivity contribution in [2.24, 2.45) is 11.8 Å². The van der Waals surface area contributed by atoms with Crippen LogP contribution in [0.4, 0.5) is 0 Å². The number of hydrogen-bond acceptors (Lipinski definition) is 4.